The van der Waals surface area contributed by atoms with Crippen LogP contribution in [0.5, 0.6) is 0 Å². The Morgan fingerprint density at radius 3 is 2.64 bits per heavy atom. The molecule has 0 rings (SSSR count). The number of esters is 1. The van der Waals surface area contributed by atoms with Crippen molar-refractivity contribution in [1.82, 2.24) is 5.32 Å². The summed E-state index contributed by atoms with van der Waals surface area (Å²) in [5.74, 6) is -0.349. The maximum absolute atomic E-state index is 10.9. The summed E-state index contributed by atoms with van der Waals surface area (Å²) in [7, 11) is 0. The standard InChI is InChI=1S/C8H15NO2/c1-5-9-7(4)11-8(10)6(2)3/h7,9H,2,5H2,1,3-4H3. The molecule has 0 aromatic carbocycles. The Kier molecular flexibility index (Phi) is 4.54. The van der Waals surface area contributed by atoms with Gasteiger partial charge < -0.3 is 4.74 Å². The third-order valence-electron chi connectivity index (χ3n) is 1.12. The number of nitrogens with one attached hydrogen (secondary N) is 1. The zero-order valence-electron chi connectivity index (χ0n) is 7.31. The van der Waals surface area contributed by atoms with Gasteiger partial charge in [0.1, 0.15) is 0 Å². The molecule has 1 atom stereocenters. The first-order valence-electron chi connectivity index (χ1n) is 3.67. The van der Waals surface area contributed by atoms with Crippen LogP contribution in [0.2, 0.25) is 0 Å². The van der Waals surface area contributed by atoms with E-state index in [9.17, 15) is 4.79 Å². The van der Waals surface area contributed by atoms with E-state index in [2.05, 4.69) is 11.9 Å². The van der Waals surface area contributed by atoms with E-state index in [1.54, 1.807) is 13.8 Å². The zero-order chi connectivity index (χ0) is 8.85. The minimum Gasteiger partial charge on any atom is -0.444 e. The molecular weight excluding hydrogens is 142 g/mol. The maximum atomic E-state index is 10.9. The molecule has 3 nitrogen and oxygen atoms in total. The van der Waals surface area contributed by atoms with Crippen LogP contribution in [0.15, 0.2) is 12.2 Å². The molecule has 1 unspecified atom stereocenters. The summed E-state index contributed by atoms with van der Waals surface area (Å²) >= 11 is 0. The lowest BCUT2D eigenvalue weighted by molar-refractivity contribution is -0.144. The third-order valence-corrected chi connectivity index (χ3v) is 1.12. The van der Waals surface area contributed by atoms with Gasteiger partial charge in [-0.05, 0) is 20.4 Å². The summed E-state index contributed by atoms with van der Waals surface area (Å²) in [4.78, 5) is 10.9. The van der Waals surface area contributed by atoms with Gasteiger partial charge in [-0.1, -0.05) is 13.5 Å². The van der Waals surface area contributed by atoms with Crippen LogP contribution in [0.1, 0.15) is 20.8 Å². The molecule has 0 aliphatic heterocycles. The lowest BCUT2D eigenvalue weighted by Gasteiger charge is -2.12. The summed E-state index contributed by atoms with van der Waals surface area (Å²) in [6.45, 7) is 9.61. The molecule has 0 bridgehead atoms. The summed E-state index contributed by atoms with van der Waals surface area (Å²) in [6, 6.07) is 0. The van der Waals surface area contributed by atoms with Crippen molar-refractivity contribution in [3.05, 3.63) is 12.2 Å². The Hall–Kier alpha value is -0.830. The fourth-order valence-corrected chi connectivity index (χ4v) is 0.590. The molecule has 0 radical (unpaired) electrons. The number of hydrogen-bond donors (Lipinski definition) is 1. The second kappa shape index (κ2) is 4.91. The molecule has 0 aromatic rings. The molecule has 0 saturated heterocycles. The summed E-state index contributed by atoms with van der Waals surface area (Å²) in [6.07, 6.45) is -0.232. The van der Waals surface area contributed by atoms with E-state index in [4.69, 9.17) is 4.74 Å². The molecule has 0 saturated carbocycles. The molecule has 0 spiro atoms. The van der Waals surface area contributed by atoms with Gasteiger partial charge in [0.05, 0.1) is 0 Å². The van der Waals surface area contributed by atoms with E-state index in [0.29, 0.717) is 5.57 Å². The Labute approximate surface area is 67.4 Å². The second-order valence-corrected chi connectivity index (χ2v) is 2.39. The highest BCUT2D eigenvalue weighted by atomic mass is 16.6. The zero-order valence-corrected chi connectivity index (χ0v) is 7.31. The molecule has 0 fully saturated rings. The molecule has 3 heteroatoms. The molecule has 0 aliphatic carbocycles. The van der Waals surface area contributed by atoms with E-state index >= 15 is 0 Å². The summed E-state index contributed by atoms with van der Waals surface area (Å²) in [5.41, 5.74) is 0.426. The summed E-state index contributed by atoms with van der Waals surface area (Å²) in [5, 5.41) is 2.95. The van der Waals surface area contributed by atoms with Crippen molar-refractivity contribution in [2.45, 2.75) is 27.0 Å². The normalized spacial score (nSPS) is 12.3. The van der Waals surface area contributed by atoms with Gasteiger partial charge in [0, 0.05) is 5.57 Å². The van der Waals surface area contributed by atoms with E-state index in [1.807, 2.05) is 6.92 Å². The van der Waals surface area contributed by atoms with Crippen molar-refractivity contribution in [2.75, 3.05) is 6.54 Å². The van der Waals surface area contributed by atoms with Crippen LogP contribution < -0.4 is 5.32 Å². The molecule has 0 aliphatic rings. The molecule has 0 aromatic heterocycles. The highest BCUT2D eigenvalue weighted by molar-refractivity contribution is 5.87. The van der Waals surface area contributed by atoms with Crippen LogP contribution in [-0.4, -0.2) is 18.7 Å². The average molecular weight is 157 g/mol. The number of carbonyl (C=O) groups is 1. The van der Waals surface area contributed by atoms with Crippen molar-refractivity contribution in [1.29, 1.82) is 0 Å². The van der Waals surface area contributed by atoms with Gasteiger partial charge in [-0.15, -0.1) is 0 Å². The highest BCUT2D eigenvalue weighted by Gasteiger charge is 2.07. The van der Waals surface area contributed by atoms with Gasteiger partial charge in [0.15, 0.2) is 6.23 Å². The van der Waals surface area contributed by atoms with Crippen molar-refractivity contribution in [3.63, 3.8) is 0 Å². The number of rotatable bonds is 4. The first kappa shape index (κ1) is 10.2. The smallest absolute Gasteiger partial charge is 0.334 e. The van der Waals surface area contributed by atoms with Gasteiger partial charge in [0.25, 0.3) is 0 Å². The Balaban J connectivity index is 3.66. The van der Waals surface area contributed by atoms with Gasteiger partial charge in [-0.3, -0.25) is 5.32 Å². The first-order valence-corrected chi connectivity index (χ1v) is 3.67. The molecule has 1 N–H and O–H groups in total. The van der Waals surface area contributed by atoms with Crippen molar-refractivity contribution >= 4 is 5.97 Å². The van der Waals surface area contributed by atoms with Gasteiger partial charge >= 0.3 is 5.97 Å². The van der Waals surface area contributed by atoms with Crippen LogP contribution >= 0.6 is 0 Å². The number of carbonyl (C=O) groups excluding carboxylic acids is 1. The van der Waals surface area contributed by atoms with E-state index in [0.717, 1.165) is 6.54 Å². The van der Waals surface area contributed by atoms with Gasteiger partial charge in [-0.2, -0.15) is 0 Å². The molecule has 0 amide bonds. The van der Waals surface area contributed by atoms with Gasteiger partial charge in [-0.25, -0.2) is 4.79 Å². The summed E-state index contributed by atoms with van der Waals surface area (Å²) < 4.78 is 4.90. The molecule has 0 heterocycles. The quantitative estimate of drug-likeness (QED) is 0.377. The van der Waals surface area contributed by atoms with Crippen molar-refractivity contribution in [2.24, 2.45) is 0 Å². The molecule has 11 heavy (non-hydrogen) atoms. The predicted octanol–water partition coefficient (Wildman–Crippen LogP) is 1.06. The largest absolute Gasteiger partial charge is 0.444 e. The van der Waals surface area contributed by atoms with Gasteiger partial charge in [0.2, 0.25) is 0 Å². The fraction of sp³-hybridized carbons (Fsp3) is 0.625. The fourth-order valence-electron chi connectivity index (χ4n) is 0.590. The van der Waals surface area contributed by atoms with E-state index in [-0.39, 0.29) is 12.2 Å². The minimum atomic E-state index is -0.349. The number of ether oxygens (including phenoxy) is 1. The monoisotopic (exact) mass is 157 g/mol. The molecular formula is C8H15NO2. The third kappa shape index (κ3) is 4.56. The Bertz CT molecular complexity index is 154. The maximum Gasteiger partial charge on any atom is 0.334 e. The Morgan fingerprint density at radius 1 is 1.73 bits per heavy atom. The highest BCUT2D eigenvalue weighted by Crippen LogP contribution is 1.94. The van der Waals surface area contributed by atoms with E-state index < -0.39 is 0 Å². The topological polar surface area (TPSA) is 38.3 Å². The molecule has 64 valence electrons. The minimum absolute atomic E-state index is 0.232. The van der Waals surface area contributed by atoms with E-state index in [1.165, 1.54) is 0 Å². The lowest BCUT2D eigenvalue weighted by Crippen LogP contribution is -2.30. The Morgan fingerprint density at radius 2 is 2.27 bits per heavy atom. The average Bonchev–Trinajstić information content (AvgIpc) is 1.87. The second-order valence-electron chi connectivity index (χ2n) is 2.39. The van der Waals surface area contributed by atoms with Crippen molar-refractivity contribution in [3.8, 4) is 0 Å². The van der Waals surface area contributed by atoms with Crippen LogP contribution in [0.25, 0.3) is 0 Å². The SMILES string of the molecule is C=C(C)C(=O)OC(C)NCC. The van der Waals surface area contributed by atoms with Crippen LogP contribution in [0, 0.1) is 0 Å². The number of hydrogen-bond acceptors (Lipinski definition) is 3. The van der Waals surface area contributed by atoms with Crippen LogP contribution in [0.4, 0.5) is 0 Å². The lowest BCUT2D eigenvalue weighted by atomic mass is 10.4. The van der Waals surface area contributed by atoms with Crippen LogP contribution in [0.3, 0.4) is 0 Å². The van der Waals surface area contributed by atoms with Crippen LogP contribution in [-0.2, 0) is 9.53 Å². The van der Waals surface area contributed by atoms with Crippen molar-refractivity contribution < 1.29 is 9.53 Å². The first-order chi connectivity index (χ1) is 5.07. The predicted molar refractivity (Wildman–Crippen MR) is 44.0 cm³/mol.